The Morgan fingerprint density at radius 3 is 2.53 bits per heavy atom. The highest BCUT2D eigenvalue weighted by molar-refractivity contribution is 9.10. The maximum Gasteiger partial charge on any atom is 0.148 e. The predicted octanol–water partition coefficient (Wildman–Crippen LogP) is 3.48. The number of nitrogens with zero attached hydrogens (tertiary/aromatic N) is 2. The van der Waals surface area contributed by atoms with Gasteiger partial charge in [-0.15, -0.1) is 10.2 Å². The third-order valence-electron chi connectivity index (χ3n) is 2.74. The molecule has 3 rings (SSSR count). The van der Waals surface area contributed by atoms with E-state index in [0.29, 0.717) is 6.04 Å². The Hall–Kier alpha value is -1.42. The van der Waals surface area contributed by atoms with Crippen LogP contribution in [0.4, 0.5) is 5.82 Å². The van der Waals surface area contributed by atoms with Crippen LogP contribution in [0.1, 0.15) is 12.8 Å². The number of hydrogen-bond donors (Lipinski definition) is 1. The molecule has 1 heterocycles. The molecule has 0 amide bonds. The van der Waals surface area contributed by atoms with Gasteiger partial charge < -0.3 is 5.32 Å². The summed E-state index contributed by atoms with van der Waals surface area (Å²) in [6.07, 6.45) is 2.49. The van der Waals surface area contributed by atoms with Gasteiger partial charge in [0.1, 0.15) is 5.82 Å². The number of rotatable bonds is 3. The SMILES string of the molecule is Brc1ccccc1-c1ccc(NC2CC2)nn1. The second kappa shape index (κ2) is 4.45. The standard InChI is InChI=1S/C13H12BrN3/c14-11-4-2-1-3-10(11)12-7-8-13(17-16-12)15-9-5-6-9/h1-4,7-9H,5-6H2,(H,15,17). The average Bonchev–Trinajstić information content (AvgIpc) is 3.15. The molecule has 1 aliphatic carbocycles. The number of aromatic nitrogens is 2. The highest BCUT2D eigenvalue weighted by Crippen LogP contribution is 2.27. The van der Waals surface area contributed by atoms with E-state index in [1.54, 1.807) is 0 Å². The van der Waals surface area contributed by atoms with Crippen molar-refractivity contribution in [3.63, 3.8) is 0 Å². The second-order valence-corrected chi connectivity index (χ2v) is 5.06. The van der Waals surface area contributed by atoms with Crippen molar-refractivity contribution in [2.24, 2.45) is 0 Å². The minimum absolute atomic E-state index is 0.610. The monoisotopic (exact) mass is 289 g/mol. The lowest BCUT2D eigenvalue weighted by atomic mass is 10.1. The van der Waals surface area contributed by atoms with Gasteiger partial charge in [0, 0.05) is 16.1 Å². The first-order valence-corrected chi connectivity index (χ1v) is 6.47. The van der Waals surface area contributed by atoms with Crippen molar-refractivity contribution in [3.8, 4) is 11.3 Å². The van der Waals surface area contributed by atoms with Crippen molar-refractivity contribution in [1.82, 2.24) is 10.2 Å². The Morgan fingerprint density at radius 2 is 1.88 bits per heavy atom. The first-order valence-electron chi connectivity index (χ1n) is 5.68. The lowest BCUT2D eigenvalue weighted by molar-refractivity contribution is 1.00. The topological polar surface area (TPSA) is 37.8 Å². The van der Waals surface area contributed by atoms with E-state index in [9.17, 15) is 0 Å². The fraction of sp³-hybridized carbons (Fsp3) is 0.231. The van der Waals surface area contributed by atoms with Crippen LogP contribution in [0.5, 0.6) is 0 Å². The van der Waals surface area contributed by atoms with Crippen LogP contribution in [0.15, 0.2) is 40.9 Å². The summed E-state index contributed by atoms with van der Waals surface area (Å²) in [6, 6.07) is 12.6. The van der Waals surface area contributed by atoms with Crippen LogP contribution in [-0.2, 0) is 0 Å². The predicted molar refractivity (Wildman–Crippen MR) is 71.8 cm³/mol. The second-order valence-electron chi connectivity index (χ2n) is 4.20. The van der Waals surface area contributed by atoms with Gasteiger partial charge in [-0.3, -0.25) is 0 Å². The molecule has 17 heavy (non-hydrogen) atoms. The zero-order chi connectivity index (χ0) is 11.7. The molecule has 1 saturated carbocycles. The Bertz CT molecular complexity index is 520. The molecule has 0 aliphatic heterocycles. The van der Waals surface area contributed by atoms with Crippen LogP contribution in [0, 0.1) is 0 Å². The van der Waals surface area contributed by atoms with Gasteiger partial charge in [0.25, 0.3) is 0 Å². The minimum atomic E-state index is 0.610. The summed E-state index contributed by atoms with van der Waals surface area (Å²) in [5.74, 6) is 0.864. The summed E-state index contributed by atoms with van der Waals surface area (Å²) >= 11 is 3.52. The quantitative estimate of drug-likeness (QED) is 0.940. The first-order chi connectivity index (χ1) is 8.33. The van der Waals surface area contributed by atoms with Crippen molar-refractivity contribution >= 4 is 21.7 Å². The molecule has 0 spiro atoms. The van der Waals surface area contributed by atoms with Crippen LogP contribution in [0.2, 0.25) is 0 Å². The maximum absolute atomic E-state index is 4.25. The summed E-state index contributed by atoms with van der Waals surface area (Å²) in [6.45, 7) is 0. The van der Waals surface area contributed by atoms with Crippen LogP contribution in [-0.4, -0.2) is 16.2 Å². The first kappa shape index (κ1) is 10.7. The van der Waals surface area contributed by atoms with Crippen molar-refractivity contribution in [2.45, 2.75) is 18.9 Å². The fourth-order valence-corrected chi connectivity index (χ4v) is 2.15. The Balaban J connectivity index is 1.86. The van der Waals surface area contributed by atoms with Gasteiger partial charge in [0.05, 0.1) is 5.69 Å². The zero-order valence-corrected chi connectivity index (χ0v) is 10.8. The van der Waals surface area contributed by atoms with E-state index in [1.165, 1.54) is 12.8 Å². The molecular formula is C13H12BrN3. The summed E-state index contributed by atoms with van der Waals surface area (Å²) in [5.41, 5.74) is 1.96. The molecule has 1 aromatic carbocycles. The molecule has 1 N–H and O–H groups in total. The number of benzene rings is 1. The smallest absolute Gasteiger partial charge is 0.148 e. The van der Waals surface area contributed by atoms with Gasteiger partial charge >= 0.3 is 0 Å². The van der Waals surface area contributed by atoms with Crippen LogP contribution >= 0.6 is 15.9 Å². The number of halogens is 1. The molecular weight excluding hydrogens is 278 g/mol. The molecule has 0 atom stereocenters. The van der Waals surface area contributed by atoms with Crippen LogP contribution in [0.25, 0.3) is 11.3 Å². The molecule has 1 aliphatic rings. The summed E-state index contributed by atoms with van der Waals surface area (Å²) in [7, 11) is 0. The van der Waals surface area contributed by atoms with E-state index in [0.717, 1.165) is 21.5 Å². The zero-order valence-electron chi connectivity index (χ0n) is 9.23. The largest absolute Gasteiger partial charge is 0.366 e. The summed E-state index contributed by atoms with van der Waals surface area (Å²) in [5, 5.41) is 11.8. The minimum Gasteiger partial charge on any atom is -0.366 e. The van der Waals surface area contributed by atoms with Gasteiger partial charge in [-0.1, -0.05) is 34.1 Å². The molecule has 0 saturated heterocycles. The van der Waals surface area contributed by atoms with E-state index in [2.05, 4.69) is 31.4 Å². The third kappa shape index (κ3) is 2.47. The molecule has 0 unspecified atom stereocenters. The summed E-state index contributed by atoms with van der Waals surface area (Å²) in [4.78, 5) is 0. The maximum atomic E-state index is 4.25. The molecule has 1 aromatic heterocycles. The van der Waals surface area contributed by atoms with Gasteiger partial charge in [-0.25, -0.2) is 0 Å². The third-order valence-corrected chi connectivity index (χ3v) is 3.44. The molecule has 4 heteroatoms. The van der Waals surface area contributed by atoms with Crippen molar-refractivity contribution in [1.29, 1.82) is 0 Å². The molecule has 1 fully saturated rings. The fourth-order valence-electron chi connectivity index (χ4n) is 1.66. The highest BCUT2D eigenvalue weighted by atomic mass is 79.9. The van der Waals surface area contributed by atoms with Gasteiger partial charge in [0.15, 0.2) is 0 Å². The molecule has 3 nitrogen and oxygen atoms in total. The van der Waals surface area contributed by atoms with E-state index in [4.69, 9.17) is 0 Å². The molecule has 86 valence electrons. The number of nitrogens with one attached hydrogen (secondary N) is 1. The summed E-state index contributed by atoms with van der Waals surface area (Å²) < 4.78 is 1.04. The van der Waals surface area contributed by atoms with Gasteiger partial charge in [0.2, 0.25) is 0 Å². The normalized spacial score (nSPS) is 14.6. The lowest BCUT2D eigenvalue weighted by Crippen LogP contribution is -2.03. The van der Waals surface area contributed by atoms with Crippen LogP contribution in [0.3, 0.4) is 0 Å². The average molecular weight is 290 g/mol. The molecule has 2 aromatic rings. The van der Waals surface area contributed by atoms with Crippen molar-refractivity contribution in [3.05, 3.63) is 40.9 Å². The Morgan fingerprint density at radius 1 is 1.06 bits per heavy atom. The van der Waals surface area contributed by atoms with Crippen molar-refractivity contribution in [2.75, 3.05) is 5.32 Å². The van der Waals surface area contributed by atoms with E-state index in [1.807, 2.05) is 36.4 Å². The molecule has 0 bridgehead atoms. The highest BCUT2D eigenvalue weighted by Gasteiger charge is 2.21. The van der Waals surface area contributed by atoms with Crippen LogP contribution < -0.4 is 5.32 Å². The Labute approximate surface area is 108 Å². The Kier molecular flexibility index (Phi) is 2.81. The number of anilines is 1. The molecule has 0 radical (unpaired) electrons. The van der Waals surface area contributed by atoms with E-state index < -0.39 is 0 Å². The van der Waals surface area contributed by atoms with E-state index >= 15 is 0 Å². The van der Waals surface area contributed by atoms with Crippen molar-refractivity contribution < 1.29 is 0 Å². The van der Waals surface area contributed by atoms with E-state index in [-0.39, 0.29) is 0 Å². The number of hydrogen-bond acceptors (Lipinski definition) is 3. The van der Waals surface area contributed by atoms with Gasteiger partial charge in [-0.05, 0) is 31.0 Å². The van der Waals surface area contributed by atoms with Gasteiger partial charge in [-0.2, -0.15) is 0 Å². The lowest BCUT2D eigenvalue weighted by Gasteiger charge is -2.05.